The Labute approximate surface area is 154 Å². The van der Waals surface area contributed by atoms with Gasteiger partial charge in [-0.05, 0) is 32.0 Å². The van der Waals surface area contributed by atoms with E-state index in [0.717, 1.165) is 6.39 Å². The van der Waals surface area contributed by atoms with Gasteiger partial charge in [0, 0.05) is 11.4 Å². The molecule has 0 bridgehead atoms. The van der Waals surface area contributed by atoms with Gasteiger partial charge in [0.05, 0.1) is 5.56 Å². The zero-order valence-electron chi connectivity index (χ0n) is 14.2. The van der Waals surface area contributed by atoms with Gasteiger partial charge in [-0.2, -0.15) is 8.42 Å². The van der Waals surface area contributed by atoms with Crippen LogP contribution in [0, 0.1) is 13.8 Å². The lowest BCUT2D eigenvalue weighted by molar-refractivity contribution is 0.255. The van der Waals surface area contributed by atoms with E-state index in [-0.39, 0.29) is 23.2 Å². The summed E-state index contributed by atoms with van der Waals surface area (Å²) in [6.45, 7) is 3.43. The lowest BCUT2D eigenvalue weighted by atomic mass is 10.2. The monoisotopic (exact) mass is 390 g/mol. The van der Waals surface area contributed by atoms with Gasteiger partial charge in [-0.3, -0.25) is 5.32 Å². The van der Waals surface area contributed by atoms with E-state index in [1.165, 1.54) is 12.1 Å². The highest BCUT2D eigenvalue weighted by molar-refractivity contribution is 7.85. The summed E-state index contributed by atoms with van der Waals surface area (Å²) in [4.78, 5) is 19.9. The Bertz CT molecular complexity index is 1050. The minimum Gasteiger partial charge on any atom is -0.423 e. The lowest BCUT2D eigenvalue weighted by Crippen LogP contribution is -2.37. The second-order valence-electron chi connectivity index (χ2n) is 5.31. The number of rotatable bonds is 5. The molecule has 2 amide bonds. The fraction of sp³-hybridized carbons (Fsp3) is 0.133. The first kappa shape index (κ1) is 18.3. The van der Waals surface area contributed by atoms with Crippen LogP contribution in [-0.2, 0) is 10.3 Å². The molecule has 11 nitrogen and oxygen atoms in total. The van der Waals surface area contributed by atoms with Gasteiger partial charge in [0.1, 0.15) is 0 Å². The third-order valence-electron chi connectivity index (χ3n) is 3.10. The minimum absolute atomic E-state index is 0.0357. The van der Waals surface area contributed by atoms with Gasteiger partial charge >= 0.3 is 16.3 Å². The maximum Gasteiger partial charge on any atom is 0.411 e. The molecule has 2 heterocycles. The van der Waals surface area contributed by atoms with Crippen LogP contribution < -0.4 is 14.2 Å². The van der Waals surface area contributed by atoms with Crippen molar-refractivity contribution in [3.8, 4) is 17.2 Å². The lowest BCUT2D eigenvalue weighted by Gasteiger charge is -2.11. The van der Waals surface area contributed by atoms with E-state index in [9.17, 15) is 13.2 Å². The maximum atomic E-state index is 12.2. The Morgan fingerprint density at radius 1 is 1.15 bits per heavy atom. The van der Waals surface area contributed by atoms with Crippen LogP contribution >= 0.6 is 0 Å². The minimum atomic E-state index is -4.50. The van der Waals surface area contributed by atoms with Crippen molar-refractivity contribution in [2.45, 2.75) is 13.8 Å². The molecule has 3 aromatic rings. The van der Waals surface area contributed by atoms with Crippen molar-refractivity contribution >= 4 is 22.3 Å². The molecule has 0 atom stereocenters. The van der Waals surface area contributed by atoms with E-state index in [4.69, 9.17) is 8.60 Å². The molecule has 0 radical (unpaired) electrons. The highest BCUT2D eigenvalue weighted by Crippen LogP contribution is 2.28. The molecule has 0 saturated heterocycles. The second kappa shape index (κ2) is 7.37. The maximum absolute atomic E-state index is 12.2. The zero-order chi connectivity index (χ0) is 19.4. The van der Waals surface area contributed by atoms with Gasteiger partial charge in [-0.1, -0.05) is 12.1 Å². The van der Waals surface area contributed by atoms with Crippen LogP contribution in [0.2, 0.25) is 0 Å². The molecule has 140 valence electrons. The summed E-state index contributed by atoms with van der Waals surface area (Å²) >= 11 is 0. The Hall–Kier alpha value is -3.54. The fourth-order valence-corrected chi connectivity index (χ4v) is 2.87. The fourth-order valence-electron chi connectivity index (χ4n) is 2.17. The molecule has 3 rings (SSSR count). The topological polar surface area (TPSA) is 149 Å². The van der Waals surface area contributed by atoms with E-state index in [1.54, 1.807) is 36.8 Å². The first-order valence-electron chi connectivity index (χ1n) is 7.53. The molecule has 12 heteroatoms. The zero-order valence-corrected chi connectivity index (χ0v) is 15.0. The highest BCUT2D eigenvalue weighted by Gasteiger charge is 2.21. The molecule has 0 saturated carbocycles. The van der Waals surface area contributed by atoms with Crippen molar-refractivity contribution < 1.29 is 21.8 Å². The van der Waals surface area contributed by atoms with Crippen LogP contribution in [0.5, 0.6) is 5.75 Å². The molecule has 0 aliphatic rings. The Kier molecular flexibility index (Phi) is 4.98. The molecule has 0 fully saturated rings. The van der Waals surface area contributed by atoms with Crippen LogP contribution in [-0.4, -0.2) is 34.6 Å². The first-order valence-corrected chi connectivity index (χ1v) is 8.94. The van der Waals surface area contributed by atoms with Gasteiger partial charge in [-0.15, -0.1) is 10.2 Å². The van der Waals surface area contributed by atoms with E-state index in [2.05, 4.69) is 25.5 Å². The van der Waals surface area contributed by atoms with E-state index >= 15 is 0 Å². The molecule has 0 aliphatic carbocycles. The van der Waals surface area contributed by atoms with Gasteiger partial charge in [0.2, 0.25) is 12.3 Å². The van der Waals surface area contributed by atoms with Gasteiger partial charge in [-0.25, -0.2) is 19.5 Å². The van der Waals surface area contributed by atoms with Crippen LogP contribution in [0.4, 0.5) is 10.7 Å². The smallest absolute Gasteiger partial charge is 0.411 e. The summed E-state index contributed by atoms with van der Waals surface area (Å²) in [7, 11) is -4.50. The molecule has 1 aromatic carbocycles. The largest absolute Gasteiger partial charge is 0.423 e. The first-order chi connectivity index (χ1) is 12.8. The molecule has 0 spiro atoms. The average Bonchev–Trinajstić information content (AvgIpc) is 3.07. The number of benzene rings is 1. The van der Waals surface area contributed by atoms with Gasteiger partial charge in [0.15, 0.2) is 5.75 Å². The number of carbonyl (C=O) groups is 1. The summed E-state index contributed by atoms with van der Waals surface area (Å²) in [6.07, 6.45) is 1.09. The van der Waals surface area contributed by atoms with Crippen molar-refractivity contribution in [1.82, 2.24) is 24.9 Å². The number of urea groups is 1. The van der Waals surface area contributed by atoms with E-state index in [0.29, 0.717) is 11.4 Å². The van der Waals surface area contributed by atoms with Crippen molar-refractivity contribution in [3.63, 3.8) is 0 Å². The van der Waals surface area contributed by atoms with Crippen molar-refractivity contribution in [1.29, 1.82) is 0 Å². The third kappa shape index (κ3) is 4.76. The van der Waals surface area contributed by atoms with Gasteiger partial charge in [0.25, 0.3) is 5.89 Å². The van der Waals surface area contributed by atoms with Crippen LogP contribution in [0.15, 0.2) is 41.1 Å². The van der Waals surface area contributed by atoms with Crippen molar-refractivity contribution in [3.05, 3.63) is 48.1 Å². The predicted molar refractivity (Wildman–Crippen MR) is 92.9 cm³/mol. The van der Waals surface area contributed by atoms with Crippen molar-refractivity contribution in [2.75, 3.05) is 5.32 Å². The number of hydrogen-bond acceptors (Lipinski definition) is 9. The summed E-state index contributed by atoms with van der Waals surface area (Å²) in [5, 5.41) is 9.47. The van der Waals surface area contributed by atoms with Crippen molar-refractivity contribution in [2.24, 2.45) is 0 Å². The average molecular weight is 390 g/mol. The van der Waals surface area contributed by atoms with Crippen LogP contribution in [0.1, 0.15) is 11.4 Å². The van der Waals surface area contributed by atoms with E-state index < -0.39 is 16.3 Å². The normalized spacial score (nSPS) is 11.0. The molecule has 2 aromatic heterocycles. The summed E-state index contributed by atoms with van der Waals surface area (Å²) in [5.74, 6) is -0.0648. The molecule has 0 unspecified atom stereocenters. The molecular weight excluding hydrogens is 376 g/mol. The number of amides is 2. The van der Waals surface area contributed by atoms with Crippen LogP contribution in [0.3, 0.4) is 0 Å². The third-order valence-corrected chi connectivity index (χ3v) is 3.94. The molecular formula is C15H14N6O5S. The second-order valence-corrected chi connectivity index (χ2v) is 6.59. The number of aromatic nitrogens is 4. The molecule has 27 heavy (non-hydrogen) atoms. The number of anilines is 1. The standard InChI is InChI=1S/C15H14N6O5S/c1-9-7-10(2)18-14(17-9)19-15(22)21-27(23,24)26-12-6-4-3-5-11(12)13-20-16-8-25-13/h3-8H,1-2H3,(H2,17,18,19,21,22). The molecule has 0 aliphatic heterocycles. The number of carbonyl (C=O) groups excluding carboxylic acids is 1. The summed E-state index contributed by atoms with van der Waals surface area (Å²) < 4.78 is 36.0. The number of hydrogen-bond donors (Lipinski definition) is 2. The predicted octanol–water partition coefficient (Wildman–Crippen LogP) is 1.59. The van der Waals surface area contributed by atoms with E-state index in [1.807, 2.05) is 0 Å². The SMILES string of the molecule is Cc1cc(C)nc(NC(=O)NS(=O)(=O)Oc2ccccc2-c2nnco2)n1. The highest BCUT2D eigenvalue weighted by atomic mass is 32.2. The molecule has 2 N–H and O–H groups in total. The number of aryl methyl sites for hydroxylation is 2. The Morgan fingerprint density at radius 2 is 1.85 bits per heavy atom. The summed E-state index contributed by atoms with van der Waals surface area (Å²) in [6, 6.07) is 6.73. The number of para-hydroxylation sites is 1. The van der Waals surface area contributed by atoms with Crippen LogP contribution in [0.25, 0.3) is 11.5 Å². The quantitative estimate of drug-likeness (QED) is 0.662. The number of nitrogens with one attached hydrogen (secondary N) is 2. The number of nitrogens with zero attached hydrogens (tertiary/aromatic N) is 4. The summed E-state index contributed by atoms with van der Waals surface area (Å²) in [5.41, 5.74) is 1.48. The Morgan fingerprint density at radius 3 is 2.52 bits per heavy atom. The Balaban J connectivity index is 1.73. The van der Waals surface area contributed by atoms with Gasteiger partial charge < -0.3 is 8.60 Å².